The van der Waals surface area contributed by atoms with Crippen LogP contribution in [-0.4, -0.2) is 44.2 Å². The second kappa shape index (κ2) is 12.6. The number of ether oxygens (including phenoxy) is 1. The fourth-order valence-electron chi connectivity index (χ4n) is 6.00. The standard InChI is InChI=1S/C33H51N3O4S/c1-23-30(41(38,39)34-21-24-13-15-40-16-14-24)20-29(36(23)22-25-11-9-8-10-12-25)26-17-27(31(37)35-33(5,6)7)19-28(18-26)32(2,3)4/h17-20,24-25,34H,8-16,21-22H2,1-7H3,(H,35,37). The van der Waals surface area contributed by atoms with Gasteiger partial charge in [0.2, 0.25) is 10.0 Å². The lowest BCUT2D eigenvalue weighted by molar-refractivity contribution is 0.0678. The van der Waals surface area contributed by atoms with Gasteiger partial charge in [-0.1, -0.05) is 40.0 Å². The second-order valence-corrected chi connectivity index (χ2v) is 16.0. The molecular formula is C33H51N3O4S. The van der Waals surface area contributed by atoms with Crippen molar-refractivity contribution in [3.8, 4) is 11.3 Å². The summed E-state index contributed by atoms with van der Waals surface area (Å²) in [6.45, 7) is 16.8. The van der Waals surface area contributed by atoms with Gasteiger partial charge in [-0.3, -0.25) is 4.79 Å². The van der Waals surface area contributed by atoms with Gasteiger partial charge in [0.15, 0.2) is 0 Å². The Labute approximate surface area is 247 Å². The number of hydrogen-bond donors (Lipinski definition) is 2. The summed E-state index contributed by atoms with van der Waals surface area (Å²) in [6.07, 6.45) is 7.75. The van der Waals surface area contributed by atoms with E-state index in [0.29, 0.717) is 36.1 Å². The van der Waals surface area contributed by atoms with Crippen LogP contribution in [0.1, 0.15) is 108 Å². The van der Waals surface area contributed by atoms with Crippen LogP contribution in [0.3, 0.4) is 0 Å². The Bertz CT molecular complexity index is 1320. The van der Waals surface area contributed by atoms with Gasteiger partial charge >= 0.3 is 0 Å². The number of amides is 1. The highest BCUT2D eigenvalue weighted by Gasteiger charge is 2.28. The maximum Gasteiger partial charge on any atom is 0.251 e. The minimum absolute atomic E-state index is 0.127. The van der Waals surface area contributed by atoms with E-state index in [4.69, 9.17) is 4.74 Å². The first kappa shape index (κ1) is 31.8. The molecule has 228 valence electrons. The average Bonchev–Trinajstić information content (AvgIpc) is 3.23. The van der Waals surface area contributed by atoms with Crippen LogP contribution in [0.2, 0.25) is 0 Å². The van der Waals surface area contributed by atoms with Crippen molar-refractivity contribution in [2.75, 3.05) is 19.8 Å². The second-order valence-electron chi connectivity index (χ2n) is 14.3. The fourth-order valence-corrected chi connectivity index (χ4v) is 7.38. The Morgan fingerprint density at radius 3 is 2.20 bits per heavy atom. The van der Waals surface area contributed by atoms with Gasteiger partial charge in [-0.2, -0.15) is 0 Å². The predicted octanol–water partition coefficient (Wildman–Crippen LogP) is 6.57. The van der Waals surface area contributed by atoms with Crippen molar-refractivity contribution in [1.29, 1.82) is 0 Å². The molecule has 2 aliphatic rings. The summed E-state index contributed by atoms with van der Waals surface area (Å²) in [5.74, 6) is 0.668. The largest absolute Gasteiger partial charge is 0.381 e. The maximum atomic E-state index is 13.7. The molecule has 1 amide bonds. The van der Waals surface area contributed by atoms with Gasteiger partial charge in [0.05, 0.1) is 0 Å². The van der Waals surface area contributed by atoms with E-state index in [2.05, 4.69) is 41.4 Å². The SMILES string of the molecule is Cc1c(S(=O)(=O)NCC2CCOCC2)cc(-c2cc(C(=O)NC(C)(C)C)cc(C(C)(C)C)c2)n1CC1CCCCC1. The van der Waals surface area contributed by atoms with E-state index in [1.807, 2.05) is 45.9 Å². The highest BCUT2D eigenvalue weighted by Crippen LogP contribution is 2.36. The third-order valence-corrected chi connectivity index (χ3v) is 10.1. The third-order valence-electron chi connectivity index (χ3n) is 8.52. The summed E-state index contributed by atoms with van der Waals surface area (Å²) in [7, 11) is -3.72. The van der Waals surface area contributed by atoms with Gasteiger partial charge in [-0.15, -0.1) is 0 Å². The number of hydrogen-bond acceptors (Lipinski definition) is 4. The maximum absolute atomic E-state index is 13.7. The highest BCUT2D eigenvalue weighted by molar-refractivity contribution is 7.89. The molecule has 1 aliphatic carbocycles. The molecule has 2 fully saturated rings. The molecule has 0 spiro atoms. The lowest BCUT2D eigenvalue weighted by Gasteiger charge is -2.26. The van der Waals surface area contributed by atoms with E-state index in [1.54, 1.807) is 0 Å². The molecule has 1 saturated carbocycles. The number of nitrogens with one attached hydrogen (secondary N) is 2. The van der Waals surface area contributed by atoms with Crippen molar-refractivity contribution in [2.45, 2.75) is 116 Å². The van der Waals surface area contributed by atoms with Crippen LogP contribution >= 0.6 is 0 Å². The van der Waals surface area contributed by atoms with E-state index in [0.717, 1.165) is 54.7 Å². The zero-order chi connectivity index (χ0) is 30.0. The van der Waals surface area contributed by atoms with Gasteiger partial charge in [0, 0.05) is 48.8 Å². The van der Waals surface area contributed by atoms with Gasteiger partial charge in [0.1, 0.15) is 4.90 Å². The molecule has 1 aromatic carbocycles. The summed E-state index contributed by atoms with van der Waals surface area (Å²) in [5, 5.41) is 3.10. The Hall–Kier alpha value is -2.16. The van der Waals surface area contributed by atoms with Crippen LogP contribution in [0, 0.1) is 18.8 Å². The molecule has 2 aromatic rings. The van der Waals surface area contributed by atoms with Crippen molar-refractivity contribution in [1.82, 2.24) is 14.6 Å². The normalized spacial score (nSPS) is 18.0. The van der Waals surface area contributed by atoms with Crippen LogP contribution < -0.4 is 10.0 Å². The number of carbonyl (C=O) groups excluding carboxylic acids is 1. The number of rotatable bonds is 8. The van der Waals surface area contributed by atoms with Gasteiger partial charge in [0.25, 0.3) is 5.91 Å². The quantitative estimate of drug-likeness (QED) is 0.367. The fraction of sp³-hybridized carbons (Fsp3) is 0.667. The van der Waals surface area contributed by atoms with Crippen molar-refractivity contribution < 1.29 is 17.9 Å². The van der Waals surface area contributed by atoms with Crippen LogP contribution in [0.15, 0.2) is 29.2 Å². The Morgan fingerprint density at radius 1 is 0.927 bits per heavy atom. The molecule has 1 saturated heterocycles. The number of benzene rings is 1. The molecule has 2 N–H and O–H groups in total. The van der Waals surface area contributed by atoms with Crippen molar-refractivity contribution in [3.63, 3.8) is 0 Å². The Morgan fingerprint density at radius 2 is 1.59 bits per heavy atom. The van der Waals surface area contributed by atoms with Gasteiger partial charge in [-0.25, -0.2) is 13.1 Å². The lowest BCUT2D eigenvalue weighted by atomic mass is 9.84. The molecule has 0 bridgehead atoms. The van der Waals surface area contributed by atoms with Gasteiger partial charge in [-0.05, 0) is 106 Å². The number of carbonyl (C=O) groups is 1. The van der Waals surface area contributed by atoms with E-state index >= 15 is 0 Å². The smallest absolute Gasteiger partial charge is 0.251 e. The summed E-state index contributed by atoms with van der Waals surface area (Å²) < 4.78 is 38.0. The molecule has 0 atom stereocenters. The zero-order valence-corrected chi connectivity index (χ0v) is 27.0. The first-order valence-electron chi connectivity index (χ1n) is 15.4. The molecule has 2 heterocycles. The summed E-state index contributed by atoms with van der Waals surface area (Å²) >= 11 is 0. The molecule has 0 unspecified atom stereocenters. The minimum Gasteiger partial charge on any atom is -0.381 e. The molecule has 8 heteroatoms. The number of sulfonamides is 1. The Kier molecular flexibility index (Phi) is 9.76. The summed E-state index contributed by atoms with van der Waals surface area (Å²) in [6, 6.07) is 7.86. The zero-order valence-electron chi connectivity index (χ0n) is 26.2. The first-order chi connectivity index (χ1) is 19.1. The topological polar surface area (TPSA) is 89.4 Å². The monoisotopic (exact) mass is 585 g/mol. The highest BCUT2D eigenvalue weighted by atomic mass is 32.2. The van der Waals surface area contributed by atoms with E-state index in [9.17, 15) is 13.2 Å². The third kappa shape index (κ3) is 8.23. The molecule has 1 aliphatic heterocycles. The molecule has 7 nitrogen and oxygen atoms in total. The van der Waals surface area contributed by atoms with E-state index < -0.39 is 10.0 Å². The van der Waals surface area contributed by atoms with Gasteiger partial charge < -0.3 is 14.6 Å². The van der Waals surface area contributed by atoms with Crippen molar-refractivity contribution in [2.24, 2.45) is 11.8 Å². The van der Waals surface area contributed by atoms with E-state index in [-0.39, 0.29) is 22.8 Å². The van der Waals surface area contributed by atoms with Crippen molar-refractivity contribution >= 4 is 15.9 Å². The number of nitrogens with zero attached hydrogens (tertiary/aromatic N) is 1. The Balaban J connectivity index is 1.79. The summed E-state index contributed by atoms with van der Waals surface area (Å²) in [5.41, 5.74) is 3.56. The molecule has 1 aromatic heterocycles. The van der Waals surface area contributed by atoms with Crippen LogP contribution in [0.5, 0.6) is 0 Å². The molecule has 4 rings (SSSR count). The predicted molar refractivity (Wildman–Crippen MR) is 166 cm³/mol. The average molecular weight is 586 g/mol. The van der Waals surface area contributed by atoms with Crippen LogP contribution in [0.25, 0.3) is 11.3 Å². The van der Waals surface area contributed by atoms with Crippen LogP contribution in [0.4, 0.5) is 0 Å². The lowest BCUT2D eigenvalue weighted by Crippen LogP contribution is -2.40. The van der Waals surface area contributed by atoms with E-state index in [1.165, 1.54) is 19.3 Å². The molecule has 0 radical (unpaired) electrons. The molecule has 41 heavy (non-hydrogen) atoms. The number of aromatic nitrogens is 1. The first-order valence-corrected chi connectivity index (χ1v) is 16.9. The summed E-state index contributed by atoms with van der Waals surface area (Å²) in [4.78, 5) is 13.7. The van der Waals surface area contributed by atoms with Crippen LogP contribution in [-0.2, 0) is 26.7 Å². The molecular weight excluding hydrogens is 534 g/mol. The minimum atomic E-state index is -3.72. The van der Waals surface area contributed by atoms with Crippen molar-refractivity contribution in [3.05, 3.63) is 41.1 Å².